The van der Waals surface area contributed by atoms with E-state index in [4.69, 9.17) is 21.1 Å². The predicted octanol–water partition coefficient (Wildman–Crippen LogP) is 7.36. The van der Waals surface area contributed by atoms with Crippen molar-refractivity contribution in [3.8, 4) is 11.5 Å². The van der Waals surface area contributed by atoms with Crippen LogP contribution in [0.15, 0.2) is 114 Å². The topological polar surface area (TPSA) is 77.0 Å². The highest BCUT2D eigenvalue weighted by molar-refractivity contribution is 6.30. The van der Waals surface area contributed by atoms with Crippen molar-refractivity contribution in [2.45, 2.75) is 13.5 Å². The van der Waals surface area contributed by atoms with Crippen LogP contribution in [0.5, 0.6) is 11.5 Å². The largest absolute Gasteiger partial charge is 0.489 e. The molecule has 1 amide bonds. The molecule has 0 saturated heterocycles. The molecule has 7 heteroatoms. The predicted molar refractivity (Wildman–Crippen MR) is 157 cm³/mol. The second kappa shape index (κ2) is 12.3. The first-order valence-corrected chi connectivity index (χ1v) is 13.0. The maximum absolute atomic E-state index is 12.8. The fourth-order valence-electron chi connectivity index (χ4n) is 4.02. The van der Waals surface area contributed by atoms with Crippen LogP contribution in [-0.4, -0.2) is 18.1 Å². The molecule has 0 heterocycles. The van der Waals surface area contributed by atoms with Crippen molar-refractivity contribution >= 4 is 40.5 Å². The quantitative estimate of drug-likeness (QED) is 0.0950. The van der Waals surface area contributed by atoms with Gasteiger partial charge in [-0.15, -0.1) is 0 Å². The lowest BCUT2D eigenvalue weighted by Crippen LogP contribution is -2.17. The highest BCUT2D eigenvalue weighted by atomic mass is 35.5. The van der Waals surface area contributed by atoms with Gasteiger partial charge in [0.05, 0.1) is 11.8 Å². The zero-order valence-electron chi connectivity index (χ0n) is 21.6. The molecule has 5 aromatic rings. The summed E-state index contributed by atoms with van der Waals surface area (Å²) in [6.07, 6.45) is 1.49. The van der Waals surface area contributed by atoms with Crippen LogP contribution in [0.1, 0.15) is 37.4 Å². The second-order valence-corrected chi connectivity index (χ2v) is 9.53. The van der Waals surface area contributed by atoms with Crippen LogP contribution < -0.4 is 14.9 Å². The molecule has 0 aliphatic rings. The maximum atomic E-state index is 12.8. The lowest BCUT2D eigenvalue weighted by atomic mass is 10.0. The number of hydrogen-bond donors (Lipinski definition) is 1. The Morgan fingerprint density at radius 1 is 0.825 bits per heavy atom. The Balaban J connectivity index is 1.28. The third kappa shape index (κ3) is 6.54. The summed E-state index contributed by atoms with van der Waals surface area (Å²) in [7, 11) is 0. The summed E-state index contributed by atoms with van der Waals surface area (Å²) in [5, 5.41) is 6.61. The Bertz CT molecular complexity index is 1680. The number of esters is 1. The van der Waals surface area contributed by atoms with Gasteiger partial charge in [-0.25, -0.2) is 10.2 Å². The zero-order valence-corrected chi connectivity index (χ0v) is 22.4. The average molecular weight is 549 g/mol. The van der Waals surface area contributed by atoms with Crippen LogP contribution in [0.4, 0.5) is 0 Å². The number of fused-ring (bicyclic) bond motifs is 1. The highest BCUT2D eigenvalue weighted by Crippen LogP contribution is 2.27. The Labute approximate surface area is 236 Å². The number of nitrogens with one attached hydrogen (secondary N) is 1. The van der Waals surface area contributed by atoms with Crippen molar-refractivity contribution in [2.24, 2.45) is 5.10 Å². The van der Waals surface area contributed by atoms with E-state index in [0.29, 0.717) is 39.8 Å². The molecule has 0 atom stereocenters. The molecule has 0 spiro atoms. The molecule has 0 aliphatic heterocycles. The Hall–Kier alpha value is -4.94. The van der Waals surface area contributed by atoms with Gasteiger partial charge in [0, 0.05) is 16.1 Å². The number of rotatable bonds is 8. The molecule has 0 radical (unpaired) electrons. The smallest absolute Gasteiger partial charge is 0.343 e. The first kappa shape index (κ1) is 26.7. The number of benzene rings is 5. The number of nitrogens with zero attached hydrogens (tertiary/aromatic N) is 1. The van der Waals surface area contributed by atoms with Crippen molar-refractivity contribution in [3.05, 3.63) is 142 Å². The summed E-state index contributed by atoms with van der Waals surface area (Å²) < 4.78 is 11.5. The van der Waals surface area contributed by atoms with Crippen molar-refractivity contribution in [2.75, 3.05) is 0 Å². The van der Waals surface area contributed by atoms with E-state index in [-0.39, 0.29) is 5.91 Å². The Morgan fingerprint density at radius 3 is 2.27 bits per heavy atom. The van der Waals surface area contributed by atoms with E-state index in [2.05, 4.69) is 10.5 Å². The van der Waals surface area contributed by atoms with Crippen molar-refractivity contribution < 1.29 is 19.1 Å². The lowest BCUT2D eigenvalue weighted by molar-refractivity contribution is 0.0734. The molecule has 0 unspecified atom stereocenters. The SMILES string of the molecule is Cc1ccc(C(=O)Oc2ccc3ccccc3c2/C=N/NC(=O)c2ccc(OCc3ccc(Cl)cc3)cc2)cc1. The van der Waals surface area contributed by atoms with E-state index < -0.39 is 5.97 Å². The van der Waals surface area contributed by atoms with Crippen LogP contribution >= 0.6 is 11.6 Å². The second-order valence-electron chi connectivity index (χ2n) is 9.09. The minimum absolute atomic E-state index is 0.337. The van der Waals surface area contributed by atoms with Gasteiger partial charge in [0.25, 0.3) is 5.91 Å². The third-order valence-corrected chi connectivity index (χ3v) is 6.47. The van der Waals surface area contributed by atoms with E-state index in [0.717, 1.165) is 21.9 Å². The molecular formula is C33H25ClN2O4. The van der Waals surface area contributed by atoms with Crippen LogP contribution in [0.2, 0.25) is 5.02 Å². The molecule has 0 bridgehead atoms. The molecule has 1 N–H and O–H groups in total. The number of ether oxygens (including phenoxy) is 2. The van der Waals surface area contributed by atoms with Gasteiger partial charge in [0.2, 0.25) is 0 Å². The number of amides is 1. The van der Waals surface area contributed by atoms with Crippen LogP contribution in [0, 0.1) is 6.92 Å². The minimum atomic E-state index is -0.479. The Morgan fingerprint density at radius 2 is 1.52 bits per heavy atom. The van der Waals surface area contributed by atoms with Gasteiger partial charge in [-0.1, -0.05) is 71.8 Å². The molecular weight excluding hydrogens is 524 g/mol. The number of hydrazone groups is 1. The maximum Gasteiger partial charge on any atom is 0.343 e. The van der Waals surface area contributed by atoms with Gasteiger partial charge >= 0.3 is 5.97 Å². The van der Waals surface area contributed by atoms with E-state index in [1.807, 2.05) is 73.7 Å². The molecule has 40 heavy (non-hydrogen) atoms. The highest BCUT2D eigenvalue weighted by Gasteiger charge is 2.14. The molecule has 0 fully saturated rings. The first-order chi connectivity index (χ1) is 19.5. The van der Waals surface area contributed by atoms with Crippen LogP contribution in [-0.2, 0) is 6.61 Å². The van der Waals surface area contributed by atoms with Gasteiger partial charge in [-0.3, -0.25) is 4.79 Å². The zero-order chi connectivity index (χ0) is 27.9. The number of halogens is 1. The van der Waals surface area contributed by atoms with Crippen molar-refractivity contribution in [3.63, 3.8) is 0 Å². The van der Waals surface area contributed by atoms with E-state index in [1.165, 1.54) is 6.21 Å². The van der Waals surface area contributed by atoms with Gasteiger partial charge < -0.3 is 9.47 Å². The fourth-order valence-corrected chi connectivity index (χ4v) is 4.14. The van der Waals surface area contributed by atoms with Crippen molar-refractivity contribution in [1.29, 1.82) is 0 Å². The molecule has 5 rings (SSSR count). The first-order valence-electron chi connectivity index (χ1n) is 12.6. The monoisotopic (exact) mass is 548 g/mol. The van der Waals surface area contributed by atoms with Gasteiger partial charge in [-0.2, -0.15) is 5.10 Å². The molecule has 6 nitrogen and oxygen atoms in total. The molecule has 0 saturated carbocycles. The minimum Gasteiger partial charge on any atom is -0.489 e. The number of hydrogen-bond acceptors (Lipinski definition) is 5. The van der Waals surface area contributed by atoms with E-state index in [9.17, 15) is 9.59 Å². The van der Waals surface area contributed by atoms with Gasteiger partial charge in [-0.05, 0) is 77.9 Å². The number of aryl methyl sites for hydroxylation is 1. The van der Waals surface area contributed by atoms with E-state index in [1.54, 1.807) is 42.5 Å². The summed E-state index contributed by atoms with van der Waals surface area (Å²) in [6.45, 7) is 2.33. The molecule has 5 aromatic carbocycles. The number of carbonyl (C=O) groups excluding carboxylic acids is 2. The summed E-state index contributed by atoms with van der Waals surface area (Å²) in [5.41, 5.74) is 6.01. The number of carbonyl (C=O) groups is 2. The van der Waals surface area contributed by atoms with Gasteiger partial charge in [0.1, 0.15) is 18.1 Å². The van der Waals surface area contributed by atoms with Crippen LogP contribution in [0.3, 0.4) is 0 Å². The summed E-state index contributed by atoms with van der Waals surface area (Å²) in [4.78, 5) is 25.5. The normalized spacial score (nSPS) is 10.9. The molecule has 0 aromatic heterocycles. The van der Waals surface area contributed by atoms with Gasteiger partial charge in [0.15, 0.2) is 0 Å². The summed E-state index contributed by atoms with van der Waals surface area (Å²) in [5.74, 6) is 0.0986. The fraction of sp³-hybridized carbons (Fsp3) is 0.0606. The molecule has 0 aliphatic carbocycles. The van der Waals surface area contributed by atoms with Crippen molar-refractivity contribution in [1.82, 2.24) is 5.43 Å². The van der Waals surface area contributed by atoms with E-state index >= 15 is 0 Å². The summed E-state index contributed by atoms with van der Waals surface area (Å²) >= 11 is 5.92. The lowest BCUT2D eigenvalue weighted by Gasteiger charge is -2.11. The summed E-state index contributed by atoms with van der Waals surface area (Å²) in [6, 6.07) is 32.6. The Kier molecular flexibility index (Phi) is 8.18. The molecule has 198 valence electrons. The standard InChI is InChI=1S/C33H25ClN2O4/c1-22-6-10-26(11-7-22)33(38)40-31-19-14-24-4-2-3-5-29(24)30(31)20-35-36-32(37)25-12-17-28(18-13-25)39-21-23-8-15-27(34)16-9-23/h2-20H,21H2,1H3,(H,36,37)/b35-20+. The third-order valence-electron chi connectivity index (χ3n) is 6.22. The van der Waals surface area contributed by atoms with Crippen LogP contribution in [0.25, 0.3) is 10.8 Å². The average Bonchev–Trinajstić information content (AvgIpc) is 2.98.